The number of nitrogens with two attached hydrogens (primary N) is 1. The lowest BCUT2D eigenvalue weighted by atomic mass is 10.2. The van der Waals surface area contributed by atoms with Gasteiger partial charge >= 0.3 is 5.97 Å². The van der Waals surface area contributed by atoms with Crippen LogP contribution >= 0.6 is 22.9 Å². The largest absolute Gasteiger partial charge is 0.481 e. The zero-order valence-electron chi connectivity index (χ0n) is 9.09. The third-order valence-corrected chi connectivity index (χ3v) is 5.33. The van der Waals surface area contributed by atoms with Gasteiger partial charge in [-0.15, -0.1) is 11.3 Å². The number of hydrogen-bond acceptors (Lipinski definition) is 5. The molecule has 1 unspecified atom stereocenters. The standard InChI is InChI=1S/C9H11ClN2O4S2/c1-18(16,8-2-5(10)4-17-8)12-9(15)6(11)3-7(13)14/h2,4,6H,1,3,11H2,(H,13,14)(H,12,15,16)/t6-,18?/m0/s1. The number of thiophene rings is 1. The second-order valence-electron chi connectivity index (χ2n) is 3.43. The van der Waals surface area contributed by atoms with E-state index in [9.17, 15) is 13.8 Å². The van der Waals surface area contributed by atoms with Crippen molar-refractivity contribution in [2.45, 2.75) is 16.7 Å². The van der Waals surface area contributed by atoms with Gasteiger partial charge in [-0.05, 0) is 11.9 Å². The van der Waals surface area contributed by atoms with Crippen molar-refractivity contribution >= 4 is 50.4 Å². The number of carboxylic acids is 1. The SMILES string of the molecule is C=S(=O)(NC(=O)[C@@H](N)CC(=O)O)c1cc(Cl)cs1. The molecule has 0 radical (unpaired) electrons. The van der Waals surface area contributed by atoms with Crippen molar-refractivity contribution in [2.24, 2.45) is 5.73 Å². The second kappa shape index (κ2) is 5.70. The highest BCUT2D eigenvalue weighted by Crippen LogP contribution is 2.23. The molecule has 6 nitrogen and oxygen atoms in total. The van der Waals surface area contributed by atoms with Crippen molar-refractivity contribution in [3.05, 3.63) is 16.5 Å². The van der Waals surface area contributed by atoms with Crippen LogP contribution in [0.15, 0.2) is 15.7 Å². The lowest BCUT2D eigenvalue weighted by molar-refractivity contribution is -0.139. The average molecular weight is 311 g/mol. The normalized spacial score (nSPS) is 15.7. The van der Waals surface area contributed by atoms with Crippen molar-refractivity contribution < 1.29 is 18.9 Å². The fraction of sp³-hybridized carbons (Fsp3) is 0.222. The number of hydrogen-bond donors (Lipinski definition) is 3. The van der Waals surface area contributed by atoms with Crippen molar-refractivity contribution in [3.63, 3.8) is 0 Å². The predicted octanol–water partition coefficient (Wildman–Crippen LogP) is 0.310. The molecule has 2 atom stereocenters. The Morgan fingerprint density at radius 3 is 2.72 bits per heavy atom. The van der Waals surface area contributed by atoms with Crippen molar-refractivity contribution in [1.29, 1.82) is 0 Å². The van der Waals surface area contributed by atoms with Gasteiger partial charge in [0.15, 0.2) is 0 Å². The maximum absolute atomic E-state index is 12.1. The van der Waals surface area contributed by atoms with Gasteiger partial charge in [-0.3, -0.25) is 14.3 Å². The lowest BCUT2D eigenvalue weighted by Gasteiger charge is -2.12. The van der Waals surface area contributed by atoms with E-state index >= 15 is 0 Å². The topological polar surface area (TPSA) is 109 Å². The van der Waals surface area contributed by atoms with Crippen molar-refractivity contribution in [3.8, 4) is 0 Å². The summed E-state index contributed by atoms with van der Waals surface area (Å²) >= 11 is 6.76. The monoisotopic (exact) mass is 310 g/mol. The fourth-order valence-electron chi connectivity index (χ4n) is 1.04. The van der Waals surface area contributed by atoms with Gasteiger partial charge in [0.25, 0.3) is 0 Å². The van der Waals surface area contributed by atoms with Crippen LogP contribution in [-0.4, -0.2) is 33.1 Å². The van der Waals surface area contributed by atoms with E-state index in [2.05, 4.69) is 10.6 Å². The first-order valence-electron chi connectivity index (χ1n) is 4.62. The minimum atomic E-state index is -3.06. The Balaban J connectivity index is 2.78. The third kappa shape index (κ3) is 3.98. The predicted molar refractivity (Wildman–Crippen MR) is 71.2 cm³/mol. The van der Waals surface area contributed by atoms with Crippen LogP contribution in [0, 0.1) is 0 Å². The molecule has 0 aliphatic carbocycles. The zero-order chi connectivity index (χ0) is 13.9. The fourth-order valence-corrected chi connectivity index (χ4v) is 3.69. The number of amides is 1. The molecule has 9 heteroatoms. The summed E-state index contributed by atoms with van der Waals surface area (Å²) in [5.74, 6) is 1.35. The molecule has 0 saturated carbocycles. The molecule has 1 aromatic heterocycles. The van der Waals surface area contributed by atoms with Crippen LogP contribution in [0.25, 0.3) is 0 Å². The molecule has 0 aliphatic rings. The summed E-state index contributed by atoms with van der Waals surface area (Å²) in [6.07, 6.45) is -0.549. The van der Waals surface area contributed by atoms with Gasteiger partial charge in [-0.1, -0.05) is 11.6 Å². The van der Waals surface area contributed by atoms with E-state index < -0.39 is 34.0 Å². The van der Waals surface area contributed by atoms with Crippen LogP contribution in [0.1, 0.15) is 6.42 Å². The Bertz CT molecular complexity index is 567. The molecule has 0 aliphatic heterocycles. The summed E-state index contributed by atoms with van der Waals surface area (Å²) in [6, 6.07) is 0.144. The van der Waals surface area contributed by atoms with Gasteiger partial charge in [-0.2, -0.15) is 0 Å². The average Bonchev–Trinajstić information content (AvgIpc) is 2.63. The highest BCUT2D eigenvalue weighted by molar-refractivity contribution is 8.00. The molecule has 18 heavy (non-hydrogen) atoms. The van der Waals surface area contributed by atoms with Crippen LogP contribution < -0.4 is 10.5 Å². The third-order valence-electron chi connectivity index (χ3n) is 1.87. The number of nitrogens with one attached hydrogen (secondary N) is 1. The lowest BCUT2D eigenvalue weighted by Crippen LogP contribution is -2.44. The van der Waals surface area contributed by atoms with E-state index in [-0.39, 0.29) is 0 Å². The maximum atomic E-state index is 12.1. The van der Waals surface area contributed by atoms with Crippen molar-refractivity contribution in [2.75, 3.05) is 0 Å². The van der Waals surface area contributed by atoms with E-state index in [1.165, 1.54) is 6.07 Å². The minimum Gasteiger partial charge on any atom is -0.481 e. The summed E-state index contributed by atoms with van der Waals surface area (Å²) in [5.41, 5.74) is 5.34. The van der Waals surface area contributed by atoms with Crippen LogP contribution in [0.5, 0.6) is 0 Å². The minimum absolute atomic E-state index is 0.295. The first kappa shape index (κ1) is 15.0. The molecule has 0 saturated heterocycles. The molecule has 1 rings (SSSR count). The first-order chi connectivity index (χ1) is 8.22. The van der Waals surface area contributed by atoms with Gasteiger partial charge in [0.1, 0.15) is 4.21 Å². The molecule has 100 valence electrons. The smallest absolute Gasteiger partial charge is 0.305 e. The molecule has 1 aromatic rings. The highest BCUT2D eigenvalue weighted by atomic mass is 35.5. The molecule has 0 fully saturated rings. The number of carbonyl (C=O) groups is 2. The Morgan fingerprint density at radius 1 is 1.67 bits per heavy atom. The number of halogens is 1. The van der Waals surface area contributed by atoms with Gasteiger partial charge in [0.05, 0.1) is 27.2 Å². The first-order valence-corrected chi connectivity index (χ1v) is 7.61. The summed E-state index contributed by atoms with van der Waals surface area (Å²) in [4.78, 5) is 21.9. The molecular formula is C9H11ClN2O4S2. The molecule has 0 bridgehead atoms. The van der Waals surface area contributed by atoms with E-state index in [4.69, 9.17) is 22.4 Å². The van der Waals surface area contributed by atoms with Gasteiger partial charge in [0.2, 0.25) is 5.91 Å². The number of aliphatic carboxylic acids is 1. The van der Waals surface area contributed by atoms with E-state index in [0.717, 1.165) is 11.3 Å². The molecule has 4 N–H and O–H groups in total. The summed E-state index contributed by atoms with van der Waals surface area (Å²) in [5, 5.41) is 10.4. The van der Waals surface area contributed by atoms with Crippen LogP contribution in [0.4, 0.5) is 0 Å². The van der Waals surface area contributed by atoms with E-state index in [0.29, 0.717) is 9.23 Å². The summed E-state index contributed by atoms with van der Waals surface area (Å²) < 4.78 is 14.5. The van der Waals surface area contributed by atoms with Gasteiger partial charge in [-0.25, -0.2) is 4.21 Å². The van der Waals surface area contributed by atoms with Gasteiger partial charge in [0, 0.05) is 5.38 Å². The Hall–Kier alpha value is -1.09. The van der Waals surface area contributed by atoms with Gasteiger partial charge < -0.3 is 10.8 Å². The number of carbonyl (C=O) groups excluding carboxylic acids is 1. The van der Waals surface area contributed by atoms with Crippen LogP contribution in [0.3, 0.4) is 0 Å². The second-order valence-corrected chi connectivity index (χ2v) is 7.03. The summed E-state index contributed by atoms with van der Waals surface area (Å²) in [6.45, 7) is 0. The van der Waals surface area contributed by atoms with Crippen LogP contribution in [-0.2, 0) is 19.3 Å². The quantitative estimate of drug-likeness (QED) is 0.678. The molecule has 0 spiro atoms. The number of rotatable bonds is 5. The highest BCUT2D eigenvalue weighted by Gasteiger charge is 2.21. The van der Waals surface area contributed by atoms with Crippen LogP contribution in [0.2, 0.25) is 5.02 Å². The number of carboxylic acid groups (broad SMARTS) is 1. The maximum Gasteiger partial charge on any atom is 0.305 e. The van der Waals surface area contributed by atoms with Crippen molar-refractivity contribution in [1.82, 2.24) is 4.72 Å². The van der Waals surface area contributed by atoms with E-state index in [1.807, 2.05) is 0 Å². The molecule has 1 heterocycles. The molecule has 0 aromatic carbocycles. The molecule has 1 amide bonds. The van der Waals surface area contributed by atoms with E-state index in [1.54, 1.807) is 5.38 Å². The molecular weight excluding hydrogens is 300 g/mol. The summed E-state index contributed by atoms with van der Waals surface area (Å²) in [7, 11) is -3.06. The Morgan fingerprint density at radius 2 is 2.28 bits per heavy atom. The zero-order valence-corrected chi connectivity index (χ0v) is 11.5. The Kier molecular flexibility index (Phi) is 4.74. The Labute approximate surface area is 113 Å².